The van der Waals surface area contributed by atoms with Crippen LogP contribution in [0.2, 0.25) is 0 Å². The first-order valence-electron chi connectivity index (χ1n) is 6.79. The zero-order valence-corrected chi connectivity index (χ0v) is 12.5. The van der Waals surface area contributed by atoms with Crippen LogP contribution in [0.15, 0.2) is 23.1 Å². The molecule has 6 heteroatoms. The molecular formula is C14H20FNO3S. The van der Waals surface area contributed by atoms with Gasteiger partial charge in [0.15, 0.2) is 0 Å². The van der Waals surface area contributed by atoms with Crippen molar-refractivity contribution in [1.29, 1.82) is 0 Å². The van der Waals surface area contributed by atoms with Crippen molar-refractivity contribution in [3.05, 3.63) is 29.6 Å². The Bertz CT molecular complexity index is 566. The lowest BCUT2D eigenvalue weighted by Crippen LogP contribution is -2.48. The first-order valence-corrected chi connectivity index (χ1v) is 8.23. The normalized spacial score (nSPS) is 22.7. The highest BCUT2D eigenvalue weighted by Crippen LogP contribution is 2.27. The molecular weight excluding hydrogens is 281 g/mol. The van der Waals surface area contributed by atoms with Crippen molar-refractivity contribution in [3.63, 3.8) is 0 Å². The fraction of sp³-hybridized carbons (Fsp3) is 0.571. The van der Waals surface area contributed by atoms with E-state index < -0.39 is 28.0 Å². The topological polar surface area (TPSA) is 57.6 Å². The molecule has 1 aliphatic heterocycles. The number of nitrogens with zero attached hydrogens (tertiary/aromatic N) is 1. The first kappa shape index (κ1) is 15.4. The molecule has 1 aromatic carbocycles. The van der Waals surface area contributed by atoms with Crippen LogP contribution in [0.25, 0.3) is 0 Å². The Hall–Kier alpha value is -0.980. The van der Waals surface area contributed by atoms with Crippen LogP contribution in [0, 0.1) is 12.7 Å². The van der Waals surface area contributed by atoms with E-state index in [0.29, 0.717) is 18.5 Å². The van der Waals surface area contributed by atoms with Crippen LogP contribution in [0.5, 0.6) is 0 Å². The number of aryl methyl sites for hydroxylation is 1. The number of benzene rings is 1. The number of aliphatic hydroxyl groups is 1. The molecule has 4 nitrogen and oxygen atoms in total. The molecule has 0 spiro atoms. The highest BCUT2D eigenvalue weighted by molar-refractivity contribution is 7.89. The second-order valence-corrected chi connectivity index (χ2v) is 7.27. The Morgan fingerprint density at radius 2 is 2.05 bits per heavy atom. The van der Waals surface area contributed by atoms with E-state index >= 15 is 0 Å². The number of aliphatic hydroxyl groups excluding tert-OH is 1. The zero-order chi connectivity index (χ0) is 14.9. The molecule has 112 valence electrons. The Morgan fingerprint density at radius 1 is 1.35 bits per heavy atom. The fourth-order valence-electron chi connectivity index (χ4n) is 2.70. The zero-order valence-electron chi connectivity index (χ0n) is 11.7. The van der Waals surface area contributed by atoms with E-state index in [1.165, 1.54) is 16.4 Å². The van der Waals surface area contributed by atoms with Crippen molar-refractivity contribution in [2.75, 3.05) is 6.54 Å². The van der Waals surface area contributed by atoms with E-state index in [1.54, 1.807) is 13.8 Å². The molecule has 2 rings (SSSR count). The largest absolute Gasteiger partial charge is 0.392 e. The van der Waals surface area contributed by atoms with Crippen LogP contribution in [0.1, 0.15) is 31.7 Å². The van der Waals surface area contributed by atoms with Gasteiger partial charge in [-0.3, -0.25) is 0 Å². The highest BCUT2D eigenvalue weighted by atomic mass is 32.2. The van der Waals surface area contributed by atoms with Gasteiger partial charge in [0.25, 0.3) is 0 Å². The predicted molar refractivity (Wildman–Crippen MR) is 74.3 cm³/mol. The van der Waals surface area contributed by atoms with Crippen molar-refractivity contribution in [2.45, 2.75) is 50.2 Å². The maximum Gasteiger partial charge on any atom is 0.243 e. The minimum absolute atomic E-state index is 0.0393. The van der Waals surface area contributed by atoms with Crippen molar-refractivity contribution in [3.8, 4) is 0 Å². The Kier molecular flexibility index (Phi) is 4.46. The molecule has 0 aliphatic carbocycles. The fourth-order valence-corrected chi connectivity index (χ4v) is 4.57. The predicted octanol–water partition coefficient (Wildman–Crippen LogP) is 2.06. The van der Waals surface area contributed by atoms with Gasteiger partial charge >= 0.3 is 0 Å². The van der Waals surface area contributed by atoms with E-state index in [9.17, 15) is 17.9 Å². The van der Waals surface area contributed by atoms with E-state index in [4.69, 9.17) is 0 Å². The molecule has 1 aromatic rings. The molecule has 2 atom stereocenters. The number of halogens is 1. The highest BCUT2D eigenvalue weighted by Gasteiger charge is 2.36. The number of hydrogen-bond acceptors (Lipinski definition) is 3. The quantitative estimate of drug-likeness (QED) is 0.929. The smallest absolute Gasteiger partial charge is 0.243 e. The monoisotopic (exact) mass is 301 g/mol. The van der Waals surface area contributed by atoms with Gasteiger partial charge in [0.2, 0.25) is 10.0 Å². The van der Waals surface area contributed by atoms with E-state index in [-0.39, 0.29) is 4.90 Å². The Labute approximate surface area is 119 Å². The standard InChI is InChI=1S/C14H20FNO3S/c1-10-7-12(15)9-13(8-10)20(18,19)16-6-4-3-5-14(16)11(2)17/h7-9,11,14,17H,3-6H2,1-2H3/t11-,14+/m0/s1. The van der Waals surface area contributed by atoms with Gasteiger partial charge in [-0.05, 0) is 50.5 Å². The molecule has 0 bridgehead atoms. The summed E-state index contributed by atoms with van der Waals surface area (Å²) in [6, 6.07) is 3.36. The van der Waals surface area contributed by atoms with E-state index in [2.05, 4.69) is 0 Å². The Morgan fingerprint density at radius 3 is 2.65 bits per heavy atom. The summed E-state index contributed by atoms with van der Waals surface area (Å²) in [6.45, 7) is 3.62. The van der Waals surface area contributed by atoms with Gasteiger partial charge < -0.3 is 5.11 Å². The molecule has 0 saturated carbocycles. The lowest BCUT2D eigenvalue weighted by atomic mass is 10.0. The van der Waals surface area contributed by atoms with Gasteiger partial charge in [-0.25, -0.2) is 12.8 Å². The third kappa shape index (κ3) is 3.02. The lowest BCUT2D eigenvalue weighted by molar-refractivity contribution is 0.0831. The van der Waals surface area contributed by atoms with Gasteiger partial charge in [0, 0.05) is 6.54 Å². The van der Waals surface area contributed by atoms with Crippen molar-refractivity contribution < 1.29 is 17.9 Å². The van der Waals surface area contributed by atoms with Crippen molar-refractivity contribution in [1.82, 2.24) is 4.31 Å². The molecule has 1 aliphatic rings. The maximum atomic E-state index is 13.4. The summed E-state index contributed by atoms with van der Waals surface area (Å²) >= 11 is 0. The first-order chi connectivity index (χ1) is 9.32. The second kappa shape index (κ2) is 5.79. The summed E-state index contributed by atoms with van der Waals surface area (Å²) in [5.41, 5.74) is 0.564. The summed E-state index contributed by atoms with van der Waals surface area (Å²) < 4.78 is 40.1. The molecule has 0 aromatic heterocycles. The van der Waals surface area contributed by atoms with Gasteiger partial charge in [-0.1, -0.05) is 6.42 Å². The van der Waals surface area contributed by atoms with Crippen LogP contribution < -0.4 is 0 Å². The number of rotatable bonds is 3. The van der Waals surface area contributed by atoms with Gasteiger partial charge in [-0.2, -0.15) is 4.31 Å². The number of piperidine rings is 1. The molecule has 1 heterocycles. The SMILES string of the molecule is Cc1cc(F)cc(S(=O)(=O)N2CCCC[C@@H]2[C@H](C)O)c1. The molecule has 0 amide bonds. The number of sulfonamides is 1. The lowest BCUT2D eigenvalue weighted by Gasteiger charge is -2.36. The van der Waals surface area contributed by atoms with Crippen LogP contribution >= 0.6 is 0 Å². The molecule has 1 fully saturated rings. The molecule has 0 unspecified atom stereocenters. The number of hydrogen-bond donors (Lipinski definition) is 1. The van der Waals surface area contributed by atoms with E-state index in [1.807, 2.05) is 0 Å². The van der Waals surface area contributed by atoms with Crippen LogP contribution in [-0.2, 0) is 10.0 Å². The van der Waals surface area contributed by atoms with Crippen LogP contribution in [-0.4, -0.2) is 36.5 Å². The van der Waals surface area contributed by atoms with Crippen LogP contribution in [0.3, 0.4) is 0 Å². The van der Waals surface area contributed by atoms with Gasteiger partial charge in [-0.15, -0.1) is 0 Å². The summed E-state index contributed by atoms with van der Waals surface area (Å²) in [6.07, 6.45) is 1.55. The molecule has 0 radical (unpaired) electrons. The molecule has 1 N–H and O–H groups in total. The third-order valence-electron chi connectivity index (χ3n) is 3.68. The summed E-state index contributed by atoms with van der Waals surface area (Å²) in [5.74, 6) is -0.561. The van der Waals surface area contributed by atoms with Crippen LogP contribution in [0.4, 0.5) is 4.39 Å². The molecule has 1 saturated heterocycles. The minimum Gasteiger partial charge on any atom is -0.392 e. The third-order valence-corrected chi connectivity index (χ3v) is 5.58. The maximum absolute atomic E-state index is 13.4. The summed E-state index contributed by atoms with van der Waals surface area (Å²) in [5, 5.41) is 9.79. The summed E-state index contributed by atoms with van der Waals surface area (Å²) in [4.78, 5) is -0.0393. The van der Waals surface area contributed by atoms with Crippen molar-refractivity contribution >= 4 is 10.0 Å². The molecule has 20 heavy (non-hydrogen) atoms. The van der Waals surface area contributed by atoms with Gasteiger partial charge in [0.05, 0.1) is 17.0 Å². The average molecular weight is 301 g/mol. The summed E-state index contributed by atoms with van der Waals surface area (Å²) in [7, 11) is -3.77. The minimum atomic E-state index is -3.77. The average Bonchev–Trinajstić information content (AvgIpc) is 2.37. The van der Waals surface area contributed by atoms with E-state index in [0.717, 1.165) is 18.9 Å². The van der Waals surface area contributed by atoms with Gasteiger partial charge in [0.1, 0.15) is 5.82 Å². The van der Waals surface area contributed by atoms with Crippen molar-refractivity contribution in [2.24, 2.45) is 0 Å². The second-order valence-electron chi connectivity index (χ2n) is 5.38. The Balaban J connectivity index is 2.42.